The first-order valence-corrected chi connectivity index (χ1v) is 7.82. The molecular formula is C17H20N6O. The van der Waals surface area contributed by atoms with Crippen molar-refractivity contribution in [1.82, 2.24) is 30.3 Å². The van der Waals surface area contributed by atoms with Gasteiger partial charge in [-0.2, -0.15) is 10.2 Å². The van der Waals surface area contributed by atoms with Crippen LogP contribution >= 0.6 is 0 Å². The topological polar surface area (TPSA) is 88.5 Å². The van der Waals surface area contributed by atoms with Crippen LogP contribution in [-0.4, -0.2) is 37.4 Å². The van der Waals surface area contributed by atoms with E-state index in [4.69, 9.17) is 0 Å². The van der Waals surface area contributed by atoms with E-state index in [2.05, 4.69) is 25.6 Å². The van der Waals surface area contributed by atoms with E-state index in [9.17, 15) is 4.79 Å². The zero-order valence-corrected chi connectivity index (χ0v) is 13.9. The summed E-state index contributed by atoms with van der Waals surface area (Å²) in [7, 11) is 0. The molecule has 0 aromatic carbocycles. The Hall–Kier alpha value is -2.96. The fraction of sp³-hybridized carbons (Fsp3) is 0.294. The summed E-state index contributed by atoms with van der Waals surface area (Å²) in [5.74, 6) is -0.196. The van der Waals surface area contributed by atoms with Gasteiger partial charge in [0.25, 0.3) is 5.91 Å². The number of amides is 1. The summed E-state index contributed by atoms with van der Waals surface area (Å²) in [5.41, 5.74) is 3.83. The van der Waals surface area contributed by atoms with Gasteiger partial charge in [0.15, 0.2) is 0 Å². The Balaban J connectivity index is 1.63. The van der Waals surface area contributed by atoms with E-state index in [1.54, 1.807) is 12.3 Å². The molecule has 3 aromatic heterocycles. The normalized spacial score (nSPS) is 12.1. The Morgan fingerprint density at radius 2 is 2.12 bits per heavy atom. The average molecular weight is 324 g/mol. The van der Waals surface area contributed by atoms with E-state index in [0.29, 0.717) is 17.9 Å². The van der Waals surface area contributed by atoms with Crippen LogP contribution in [0.15, 0.2) is 36.5 Å². The van der Waals surface area contributed by atoms with Gasteiger partial charge < -0.3 is 5.32 Å². The maximum Gasteiger partial charge on any atom is 0.269 e. The average Bonchev–Trinajstić information content (AvgIpc) is 3.20. The quantitative estimate of drug-likeness (QED) is 0.753. The second kappa shape index (κ2) is 6.66. The highest BCUT2D eigenvalue weighted by Crippen LogP contribution is 2.14. The molecule has 0 aliphatic rings. The summed E-state index contributed by atoms with van der Waals surface area (Å²) >= 11 is 0. The fourth-order valence-electron chi connectivity index (χ4n) is 2.60. The first-order chi connectivity index (χ1) is 11.5. The first-order valence-electron chi connectivity index (χ1n) is 7.82. The lowest BCUT2D eigenvalue weighted by molar-refractivity contribution is 0.0942. The Bertz CT molecular complexity index is 836. The van der Waals surface area contributed by atoms with Crippen LogP contribution in [0.5, 0.6) is 0 Å². The molecule has 0 saturated carbocycles. The van der Waals surface area contributed by atoms with Crippen molar-refractivity contribution < 1.29 is 4.79 Å². The number of nitrogens with zero attached hydrogens (tertiary/aromatic N) is 4. The molecule has 7 nitrogen and oxygen atoms in total. The van der Waals surface area contributed by atoms with Crippen molar-refractivity contribution in [3.05, 3.63) is 53.6 Å². The lowest BCUT2D eigenvalue weighted by Crippen LogP contribution is -2.30. The minimum absolute atomic E-state index is 0.0702. The van der Waals surface area contributed by atoms with Crippen molar-refractivity contribution in [3.8, 4) is 11.4 Å². The van der Waals surface area contributed by atoms with Gasteiger partial charge in [0.05, 0.1) is 17.4 Å². The van der Waals surface area contributed by atoms with Crippen molar-refractivity contribution in [2.24, 2.45) is 0 Å². The summed E-state index contributed by atoms with van der Waals surface area (Å²) in [4.78, 5) is 16.5. The molecule has 0 radical (unpaired) electrons. The number of aromatic amines is 1. The number of rotatable bonds is 5. The van der Waals surface area contributed by atoms with Crippen LogP contribution in [0, 0.1) is 13.8 Å². The fourth-order valence-corrected chi connectivity index (χ4v) is 2.60. The molecule has 0 saturated heterocycles. The van der Waals surface area contributed by atoms with E-state index < -0.39 is 0 Å². The maximum atomic E-state index is 12.3. The smallest absolute Gasteiger partial charge is 0.269 e. The van der Waals surface area contributed by atoms with Gasteiger partial charge in [-0.3, -0.25) is 19.6 Å². The van der Waals surface area contributed by atoms with Crippen LogP contribution in [0.25, 0.3) is 11.4 Å². The number of carbonyl (C=O) groups is 1. The third kappa shape index (κ3) is 3.34. The number of aryl methyl sites for hydroxylation is 2. The SMILES string of the molecule is Cc1cc(C)n(C(C)CNC(=O)c2cc(-c3ccccn3)n[nH]2)n1. The number of nitrogens with one attached hydrogen (secondary N) is 2. The highest BCUT2D eigenvalue weighted by Gasteiger charge is 2.14. The zero-order valence-electron chi connectivity index (χ0n) is 13.9. The van der Waals surface area contributed by atoms with Gasteiger partial charge in [0.1, 0.15) is 11.4 Å². The third-order valence-electron chi connectivity index (χ3n) is 3.77. The molecule has 1 amide bonds. The standard InChI is InChI=1S/C17H20N6O/c1-11-8-12(2)23(22-11)13(3)10-19-17(24)16-9-15(20-21-16)14-6-4-5-7-18-14/h4-9,13H,10H2,1-3H3,(H,19,24)(H,20,21). The molecule has 0 aliphatic heterocycles. The Labute approximate surface area is 140 Å². The second-order valence-corrected chi connectivity index (χ2v) is 5.81. The largest absolute Gasteiger partial charge is 0.349 e. The summed E-state index contributed by atoms with van der Waals surface area (Å²) in [6, 6.07) is 9.36. The number of H-pyrrole nitrogens is 1. The van der Waals surface area contributed by atoms with Gasteiger partial charge in [-0.1, -0.05) is 6.07 Å². The molecule has 3 heterocycles. The molecular weight excluding hydrogens is 304 g/mol. The number of pyridine rings is 1. The van der Waals surface area contributed by atoms with Gasteiger partial charge in [-0.15, -0.1) is 0 Å². The number of carbonyl (C=O) groups excluding carboxylic acids is 1. The predicted molar refractivity (Wildman–Crippen MR) is 90.6 cm³/mol. The van der Waals surface area contributed by atoms with Crippen LogP contribution in [0.3, 0.4) is 0 Å². The summed E-state index contributed by atoms with van der Waals surface area (Å²) in [5, 5.41) is 14.3. The lowest BCUT2D eigenvalue weighted by atomic mass is 10.2. The maximum absolute atomic E-state index is 12.3. The second-order valence-electron chi connectivity index (χ2n) is 5.81. The molecule has 0 bridgehead atoms. The Morgan fingerprint density at radius 3 is 2.79 bits per heavy atom. The molecule has 0 spiro atoms. The highest BCUT2D eigenvalue weighted by molar-refractivity contribution is 5.93. The van der Waals surface area contributed by atoms with Crippen LogP contribution < -0.4 is 5.32 Å². The predicted octanol–water partition coefficient (Wildman–Crippen LogP) is 2.28. The lowest BCUT2D eigenvalue weighted by Gasteiger charge is -2.14. The van der Waals surface area contributed by atoms with Crippen molar-refractivity contribution in [3.63, 3.8) is 0 Å². The number of hydrogen-bond acceptors (Lipinski definition) is 4. The monoisotopic (exact) mass is 324 g/mol. The molecule has 0 aliphatic carbocycles. The summed E-state index contributed by atoms with van der Waals surface area (Å²) in [6.45, 7) is 6.47. The van der Waals surface area contributed by atoms with Gasteiger partial charge >= 0.3 is 0 Å². The Kier molecular flexibility index (Phi) is 4.41. The van der Waals surface area contributed by atoms with Gasteiger partial charge in [-0.05, 0) is 45.0 Å². The molecule has 124 valence electrons. The minimum Gasteiger partial charge on any atom is -0.349 e. The number of aromatic nitrogens is 5. The van der Waals surface area contributed by atoms with Crippen molar-refractivity contribution in [1.29, 1.82) is 0 Å². The van der Waals surface area contributed by atoms with E-state index in [1.807, 2.05) is 49.7 Å². The van der Waals surface area contributed by atoms with Crippen molar-refractivity contribution >= 4 is 5.91 Å². The Morgan fingerprint density at radius 1 is 1.29 bits per heavy atom. The van der Waals surface area contributed by atoms with Crippen LogP contribution in [0.1, 0.15) is 34.8 Å². The van der Waals surface area contributed by atoms with Crippen LogP contribution in [-0.2, 0) is 0 Å². The summed E-state index contributed by atoms with van der Waals surface area (Å²) in [6.07, 6.45) is 1.69. The highest BCUT2D eigenvalue weighted by atomic mass is 16.1. The van der Waals surface area contributed by atoms with E-state index in [1.165, 1.54) is 0 Å². The third-order valence-corrected chi connectivity index (χ3v) is 3.77. The van der Waals surface area contributed by atoms with Crippen molar-refractivity contribution in [2.75, 3.05) is 6.54 Å². The number of hydrogen-bond donors (Lipinski definition) is 2. The van der Waals surface area contributed by atoms with Gasteiger partial charge in [0, 0.05) is 18.4 Å². The van der Waals surface area contributed by atoms with Gasteiger partial charge in [0.2, 0.25) is 0 Å². The molecule has 7 heteroatoms. The van der Waals surface area contributed by atoms with E-state index >= 15 is 0 Å². The first kappa shape index (κ1) is 15.9. The molecule has 24 heavy (non-hydrogen) atoms. The molecule has 0 fully saturated rings. The summed E-state index contributed by atoms with van der Waals surface area (Å²) < 4.78 is 1.92. The van der Waals surface area contributed by atoms with Crippen LogP contribution in [0.4, 0.5) is 0 Å². The molecule has 1 atom stereocenters. The minimum atomic E-state index is -0.196. The van der Waals surface area contributed by atoms with Crippen molar-refractivity contribution in [2.45, 2.75) is 26.8 Å². The molecule has 3 aromatic rings. The molecule has 2 N–H and O–H groups in total. The molecule has 1 unspecified atom stereocenters. The zero-order chi connectivity index (χ0) is 17.1. The van der Waals surface area contributed by atoms with Gasteiger partial charge in [-0.25, -0.2) is 0 Å². The van der Waals surface area contributed by atoms with E-state index in [0.717, 1.165) is 17.1 Å². The van der Waals surface area contributed by atoms with Crippen LogP contribution in [0.2, 0.25) is 0 Å². The van der Waals surface area contributed by atoms with E-state index in [-0.39, 0.29) is 11.9 Å². The molecule has 3 rings (SSSR count).